The Bertz CT molecular complexity index is 908. The van der Waals surface area contributed by atoms with Gasteiger partial charge < -0.3 is 9.09 Å². The molecule has 0 saturated carbocycles. The first-order chi connectivity index (χ1) is 11.9. The van der Waals surface area contributed by atoms with Crippen LogP contribution in [0.4, 0.5) is 0 Å². The van der Waals surface area contributed by atoms with E-state index in [4.69, 9.17) is 4.52 Å². The van der Waals surface area contributed by atoms with Crippen molar-refractivity contribution in [1.82, 2.24) is 0 Å². The van der Waals surface area contributed by atoms with E-state index in [2.05, 4.69) is 0 Å². The maximum atomic E-state index is 14.2. The maximum absolute atomic E-state index is 14.2. The molecule has 0 unspecified atom stereocenters. The molecule has 0 aliphatic carbocycles. The van der Waals surface area contributed by atoms with E-state index in [9.17, 15) is 18.9 Å². The van der Waals surface area contributed by atoms with Gasteiger partial charge >= 0.3 is 7.82 Å². The van der Waals surface area contributed by atoms with Gasteiger partial charge in [-0.25, -0.2) is 4.57 Å². The lowest BCUT2D eigenvalue weighted by Gasteiger charge is -2.22. The molecule has 3 aromatic carbocycles. The first-order valence-electron chi connectivity index (χ1n) is 7.47. The lowest BCUT2D eigenvalue weighted by molar-refractivity contribution is 0.284. The third-order valence-electron chi connectivity index (χ3n) is 3.66. The molecule has 3 aromatic rings. The Morgan fingerprint density at radius 1 is 0.640 bits per heavy atom. The van der Waals surface area contributed by atoms with Crippen LogP contribution in [0.3, 0.4) is 0 Å². The van der Waals surface area contributed by atoms with E-state index in [1.54, 1.807) is 66.7 Å². The smallest absolute Gasteiger partial charge is 0.403 e. The van der Waals surface area contributed by atoms with E-state index in [1.807, 2.05) is 12.1 Å². The fraction of sp³-hybridized carbons (Fsp3) is 0. The monoisotopic (exact) mass is 374 g/mol. The van der Waals surface area contributed by atoms with Crippen LogP contribution in [0.5, 0.6) is 5.75 Å². The topological polar surface area (TPSA) is 83.8 Å². The molecule has 0 aliphatic rings. The largest absolute Gasteiger partial charge is 0.524 e. The molecule has 0 aliphatic heterocycles. The van der Waals surface area contributed by atoms with Gasteiger partial charge in [-0.05, 0) is 12.1 Å². The van der Waals surface area contributed by atoms with Crippen LogP contribution in [-0.4, -0.2) is 9.79 Å². The van der Waals surface area contributed by atoms with E-state index in [0.29, 0.717) is 10.6 Å². The van der Waals surface area contributed by atoms with E-state index >= 15 is 0 Å². The number of phosphoric acid groups is 1. The van der Waals surface area contributed by atoms with Crippen molar-refractivity contribution in [1.29, 1.82) is 0 Å². The predicted octanol–water partition coefficient (Wildman–Crippen LogP) is 2.80. The summed E-state index contributed by atoms with van der Waals surface area (Å²) in [4.78, 5) is 18.4. The second-order valence-electron chi connectivity index (χ2n) is 5.33. The van der Waals surface area contributed by atoms with E-state index in [0.717, 1.165) is 0 Å². The van der Waals surface area contributed by atoms with Crippen molar-refractivity contribution in [3.8, 4) is 5.75 Å². The molecule has 0 amide bonds. The van der Waals surface area contributed by atoms with Gasteiger partial charge in [0.2, 0.25) is 0 Å². The summed E-state index contributed by atoms with van der Waals surface area (Å²) < 4.78 is 30.3. The molecular formula is C18H16O5P2. The van der Waals surface area contributed by atoms with Crippen LogP contribution in [0.15, 0.2) is 84.9 Å². The SMILES string of the molecule is O=P(O)(O)Oc1ccccc1P(=O)(c1ccccc1)c1ccccc1. The van der Waals surface area contributed by atoms with Gasteiger partial charge in [0.1, 0.15) is 5.75 Å². The Hall–Kier alpha value is -2.16. The zero-order valence-corrected chi connectivity index (χ0v) is 14.9. The highest BCUT2D eigenvalue weighted by Gasteiger charge is 2.34. The normalized spacial score (nSPS) is 11.9. The Morgan fingerprint density at radius 2 is 1.08 bits per heavy atom. The molecular weight excluding hydrogens is 358 g/mol. The minimum absolute atomic E-state index is 0.0909. The summed E-state index contributed by atoms with van der Waals surface area (Å²) in [7, 11) is -8.16. The number of hydrogen-bond donors (Lipinski definition) is 2. The standard InChI is InChI=1S/C18H16O5P2/c19-24(15-9-3-1-4-10-15,16-11-5-2-6-12-16)18-14-8-7-13-17(18)23-25(20,21)22/h1-14H,(H2,20,21,22). The second kappa shape index (κ2) is 6.99. The van der Waals surface area contributed by atoms with Gasteiger partial charge in [-0.15, -0.1) is 0 Å². The fourth-order valence-electron chi connectivity index (χ4n) is 2.63. The molecule has 0 radical (unpaired) electrons. The van der Waals surface area contributed by atoms with Crippen LogP contribution >= 0.6 is 15.0 Å². The van der Waals surface area contributed by atoms with E-state index in [-0.39, 0.29) is 11.1 Å². The molecule has 25 heavy (non-hydrogen) atoms. The van der Waals surface area contributed by atoms with Gasteiger partial charge in [0, 0.05) is 10.6 Å². The highest BCUT2D eigenvalue weighted by atomic mass is 31.2. The number of benzene rings is 3. The van der Waals surface area contributed by atoms with E-state index < -0.39 is 15.0 Å². The van der Waals surface area contributed by atoms with Crippen LogP contribution < -0.4 is 20.4 Å². The zero-order chi connectivity index (χ0) is 17.9. The van der Waals surface area contributed by atoms with Crippen molar-refractivity contribution in [3.05, 3.63) is 84.9 Å². The highest BCUT2D eigenvalue weighted by molar-refractivity contribution is 7.85. The molecule has 0 fully saturated rings. The molecule has 0 spiro atoms. The Labute approximate surface area is 145 Å². The third kappa shape index (κ3) is 3.76. The van der Waals surface area contributed by atoms with Crippen LogP contribution in [0.2, 0.25) is 0 Å². The minimum Gasteiger partial charge on any atom is -0.403 e. The summed E-state index contributed by atoms with van der Waals surface area (Å²) in [6.07, 6.45) is 0. The molecule has 0 atom stereocenters. The van der Waals surface area contributed by atoms with Crippen molar-refractivity contribution in [2.45, 2.75) is 0 Å². The highest BCUT2D eigenvalue weighted by Crippen LogP contribution is 2.47. The van der Waals surface area contributed by atoms with Crippen molar-refractivity contribution in [2.24, 2.45) is 0 Å². The zero-order valence-electron chi connectivity index (χ0n) is 13.1. The summed E-state index contributed by atoms with van der Waals surface area (Å²) in [6.45, 7) is 0. The average Bonchev–Trinajstić information content (AvgIpc) is 2.62. The van der Waals surface area contributed by atoms with Gasteiger partial charge in [0.15, 0.2) is 7.14 Å². The average molecular weight is 374 g/mol. The van der Waals surface area contributed by atoms with Crippen LogP contribution in [0.1, 0.15) is 0 Å². The van der Waals surface area contributed by atoms with Crippen molar-refractivity contribution in [3.63, 3.8) is 0 Å². The van der Waals surface area contributed by atoms with Gasteiger partial charge in [-0.3, -0.25) is 9.79 Å². The van der Waals surface area contributed by atoms with Crippen molar-refractivity contribution >= 4 is 30.9 Å². The number of para-hydroxylation sites is 1. The quantitative estimate of drug-likeness (QED) is 0.671. The first kappa shape index (κ1) is 17.7. The predicted molar refractivity (Wildman–Crippen MR) is 98.5 cm³/mol. The molecule has 0 bridgehead atoms. The third-order valence-corrected chi connectivity index (χ3v) is 7.19. The molecule has 7 heteroatoms. The lowest BCUT2D eigenvalue weighted by atomic mass is 10.3. The molecule has 2 N–H and O–H groups in total. The minimum atomic E-state index is -4.79. The molecule has 5 nitrogen and oxygen atoms in total. The number of phosphoric ester groups is 1. The maximum Gasteiger partial charge on any atom is 0.524 e. The Kier molecular flexibility index (Phi) is 4.94. The summed E-state index contributed by atoms with van der Waals surface area (Å²) in [5, 5.41) is 1.36. The summed E-state index contributed by atoms with van der Waals surface area (Å²) >= 11 is 0. The number of hydrogen-bond acceptors (Lipinski definition) is 3. The first-order valence-corrected chi connectivity index (χ1v) is 10.7. The molecule has 3 rings (SSSR count). The van der Waals surface area contributed by atoms with Crippen LogP contribution in [0, 0.1) is 0 Å². The molecule has 0 aromatic heterocycles. The lowest BCUT2D eigenvalue weighted by Crippen LogP contribution is -2.26. The van der Waals surface area contributed by atoms with Gasteiger partial charge in [-0.1, -0.05) is 72.8 Å². The molecule has 0 heterocycles. The summed E-state index contributed by atoms with van der Waals surface area (Å²) in [5.74, 6) is -0.0909. The number of rotatable bonds is 5. The van der Waals surface area contributed by atoms with Gasteiger partial charge in [0.05, 0.1) is 5.30 Å². The molecule has 128 valence electrons. The van der Waals surface area contributed by atoms with Crippen molar-refractivity contribution in [2.75, 3.05) is 0 Å². The Balaban J connectivity index is 2.28. The second-order valence-corrected chi connectivity index (χ2v) is 9.23. The van der Waals surface area contributed by atoms with Gasteiger partial charge in [-0.2, -0.15) is 0 Å². The van der Waals surface area contributed by atoms with Crippen LogP contribution in [0.25, 0.3) is 0 Å². The summed E-state index contributed by atoms with van der Waals surface area (Å²) in [5.41, 5.74) is 0. The molecule has 0 saturated heterocycles. The van der Waals surface area contributed by atoms with Crippen molar-refractivity contribution < 1.29 is 23.4 Å². The fourth-order valence-corrected chi connectivity index (χ4v) is 5.88. The summed E-state index contributed by atoms with van der Waals surface area (Å²) in [6, 6.07) is 23.9. The van der Waals surface area contributed by atoms with E-state index in [1.165, 1.54) is 6.07 Å². The Morgan fingerprint density at radius 3 is 1.56 bits per heavy atom. The van der Waals surface area contributed by atoms with Gasteiger partial charge in [0.25, 0.3) is 0 Å². The van der Waals surface area contributed by atoms with Crippen LogP contribution in [-0.2, 0) is 9.13 Å².